The number of aromatic nitrogens is 1. The molecule has 17 heavy (non-hydrogen) atoms. The van der Waals surface area contributed by atoms with Crippen molar-refractivity contribution in [3.8, 4) is 0 Å². The molecule has 0 radical (unpaired) electrons. The van der Waals surface area contributed by atoms with Crippen LogP contribution in [0.25, 0.3) is 0 Å². The summed E-state index contributed by atoms with van der Waals surface area (Å²) in [6, 6.07) is 4.10. The van der Waals surface area contributed by atoms with Crippen molar-refractivity contribution in [2.75, 3.05) is 20.8 Å². The van der Waals surface area contributed by atoms with Gasteiger partial charge in [-0.05, 0) is 12.1 Å². The Morgan fingerprint density at radius 1 is 1.41 bits per heavy atom. The van der Waals surface area contributed by atoms with Gasteiger partial charge in [-0.1, -0.05) is 6.07 Å². The Morgan fingerprint density at radius 3 is 2.71 bits per heavy atom. The zero-order valence-corrected chi connectivity index (χ0v) is 9.67. The SMILES string of the molecule is COCC(NC(=O)c1ccccn1)C(=O)OC. The largest absolute Gasteiger partial charge is 0.467 e. The number of hydrogen-bond acceptors (Lipinski definition) is 5. The summed E-state index contributed by atoms with van der Waals surface area (Å²) in [5, 5.41) is 2.48. The van der Waals surface area contributed by atoms with Gasteiger partial charge in [0.25, 0.3) is 5.91 Å². The molecule has 0 saturated carbocycles. The summed E-state index contributed by atoms with van der Waals surface area (Å²) >= 11 is 0. The van der Waals surface area contributed by atoms with E-state index in [1.165, 1.54) is 20.4 Å². The van der Waals surface area contributed by atoms with Crippen molar-refractivity contribution in [2.45, 2.75) is 6.04 Å². The van der Waals surface area contributed by atoms with Gasteiger partial charge in [-0.15, -0.1) is 0 Å². The summed E-state index contributed by atoms with van der Waals surface area (Å²) in [5.74, 6) is -1.01. The number of ether oxygens (including phenoxy) is 2. The van der Waals surface area contributed by atoms with Crippen molar-refractivity contribution in [2.24, 2.45) is 0 Å². The monoisotopic (exact) mass is 238 g/mol. The second-order valence-electron chi connectivity index (χ2n) is 3.22. The van der Waals surface area contributed by atoms with Crippen molar-refractivity contribution in [3.63, 3.8) is 0 Å². The first-order chi connectivity index (χ1) is 8.19. The third kappa shape index (κ3) is 3.84. The van der Waals surface area contributed by atoms with Gasteiger partial charge in [0.1, 0.15) is 5.69 Å². The standard InChI is InChI=1S/C11H14N2O4/c1-16-7-9(11(15)17-2)13-10(14)8-5-3-4-6-12-8/h3-6,9H,7H2,1-2H3,(H,13,14). The zero-order chi connectivity index (χ0) is 12.7. The molecule has 0 fully saturated rings. The summed E-state index contributed by atoms with van der Waals surface area (Å²) in [7, 11) is 2.68. The number of carbonyl (C=O) groups excluding carboxylic acids is 2. The van der Waals surface area contributed by atoms with E-state index in [4.69, 9.17) is 4.74 Å². The third-order valence-corrected chi connectivity index (χ3v) is 2.02. The van der Waals surface area contributed by atoms with E-state index < -0.39 is 17.9 Å². The van der Waals surface area contributed by atoms with Crippen LogP contribution in [-0.2, 0) is 14.3 Å². The van der Waals surface area contributed by atoms with Crippen LogP contribution in [0.15, 0.2) is 24.4 Å². The van der Waals surface area contributed by atoms with Gasteiger partial charge in [0.05, 0.1) is 13.7 Å². The van der Waals surface area contributed by atoms with E-state index in [0.717, 1.165) is 0 Å². The van der Waals surface area contributed by atoms with E-state index >= 15 is 0 Å². The van der Waals surface area contributed by atoms with Crippen molar-refractivity contribution in [1.29, 1.82) is 0 Å². The van der Waals surface area contributed by atoms with E-state index in [9.17, 15) is 9.59 Å². The van der Waals surface area contributed by atoms with Gasteiger partial charge >= 0.3 is 5.97 Å². The first-order valence-corrected chi connectivity index (χ1v) is 4.97. The highest BCUT2D eigenvalue weighted by Gasteiger charge is 2.22. The molecule has 6 heteroatoms. The summed E-state index contributed by atoms with van der Waals surface area (Å²) in [4.78, 5) is 26.9. The lowest BCUT2D eigenvalue weighted by Gasteiger charge is -2.14. The number of nitrogens with one attached hydrogen (secondary N) is 1. The molecule has 1 aromatic heterocycles. The highest BCUT2D eigenvalue weighted by molar-refractivity contribution is 5.95. The molecular formula is C11H14N2O4. The average Bonchev–Trinajstić information content (AvgIpc) is 2.38. The smallest absolute Gasteiger partial charge is 0.330 e. The molecule has 92 valence electrons. The molecule has 0 aliphatic heterocycles. The fourth-order valence-electron chi connectivity index (χ4n) is 1.21. The van der Waals surface area contributed by atoms with E-state index in [2.05, 4.69) is 15.0 Å². The van der Waals surface area contributed by atoms with Gasteiger partial charge in [-0.25, -0.2) is 4.79 Å². The van der Waals surface area contributed by atoms with Gasteiger partial charge in [-0.2, -0.15) is 0 Å². The lowest BCUT2D eigenvalue weighted by atomic mass is 10.2. The van der Waals surface area contributed by atoms with Crippen LogP contribution in [0.4, 0.5) is 0 Å². The number of nitrogens with zero attached hydrogens (tertiary/aromatic N) is 1. The lowest BCUT2D eigenvalue weighted by molar-refractivity contribution is -0.144. The Labute approximate surface area is 98.9 Å². The molecule has 0 saturated heterocycles. The van der Waals surface area contributed by atoms with Gasteiger partial charge in [0, 0.05) is 13.3 Å². The number of pyridine rings is 1. The molecule has 1 heterocycles. The molecule has 1 aromatic rings. The highest BCUT2D eigenvalue weighted by Crippen LogP contribution is 1.96. The first-order valence-electron chi connectivity index (χ1n) is 4.97. The molecular weight excluding hydrogens is 224 g/mol. The number of methoxy groups -OCH3 is 2. The molecule has 0 spiro atoms. The minimum absolute atomic E-state index is 0.0469. The van der Waals surface area contributed by atoms with Crippen LogP contribution in [0, 0.1) is 0 Å². The minimum atomic E-state index is -0.834. The molecule has 1 amide bonds. The minimum Gasteiger partial charge on any atom is -0.467 e. The average molecular weight is 238 g/mol. The Kier molecular flexibility index (Phi) is 5.09. The predicted octanol–water partition coefficient (Wildman–Crippen LogP) is -0.000600. The predicted molar refractivity (Wildman–Crippen MR) is 59.4 cm³/mol. The quantitative estimate of drug-likeness (QED) is 0.730. The molecule has 0 aromatic carbocycles. The highest BCUT2D eigenvalue weighted by atomic mass is 16.5. The molecule has 1 atom stereocenters. The second-order valence-corrected chi connectivity index (χ2v) is 3.22. The van der Waals surface area contributed by atoms with E-state index in [1.807, 2.05) is 0 Å². The molecule has 0 bridgehead atoms. The van der Waals surface area contributed by atoms with Crippen LogP contribution in [0.1, 0.15) is 10.5 Å². The Bertz CT molecular complexity index is 380. The normalized spacial score (nSPS) is 11.6. The lowest BCUT2D eigenvalue weighted by Crippen LogP contribution is -2.44. The van der Waals surface area contributed by atoms with Gasteiger partial charge < -0.3 is 14.8 Å². The van der Waals surface area contributed by atoms with Crippen LogP contribution in [0.2, 0.25) is 0 Å². The van der Waals surface area contributed by atoms with Crippen molar-refractivity contribution < 1.29 is 19.1 Å². The van der Waals surface area contributed by atoms with Crippen LogP contribution in [-0.4, -0.2) is 43.7 Å². The fraction of sp³-hybridized carbons (Fsp3) is 0.364. The van der Waals surface area contributed by atoms with Gasteiger partial charge in [0.15, 0.2) is 6.04 Å². The van der Waals surface area contributed by atoms with Crippen molar-refractivity contribution in [1.82, 2.24) is 10.3 Å². The summed E-state index contributed by atoms with van der Waals surface area (Å²) in [6.07, 6.45) is 1.50. The van der Waals surface area contributed by atoms with Crippen LogP contribution in [0.5, 0.6) is 0 Å². The van der Waals surface area contributed by atoms with E-state index in [-0.39, 0.29) is 12.3 Å². The molecule has 1 unspecified atom stereocenters. The number of hydrogen-bond donors (Lipinski definition) is 1. The van der Waals surface area contributed by atoms with Crippen LogP contribution in [0.3, 0.4) is 0 Å². The topological polar surface area (TPSA) is 77.5 Å². The number of rotatable bonds is 5. The van der Waals surface area contributed by atoms with Crippen molar-refractivity contribution in [3.05, 3.63) is 30.1 Å². The second kappa shape index (κ2) is 6.59. The Hall–Kier alpha value is -1.95. The number of carbonyl (C=O) groups is 2. The van der Waals surface area contributed by atoms with E-state index in [1.54, 1.807) is 18.2 Å². The Balaban J connectivity index is 2.67. The zero-order valence-electron chi connectivity index (χ0n) is 9.67. The maximum absolute atomic E-state index is 11.7. The van der Waals surface area contributed by atoms with Gasteiger partial charge in [-0.3, -0.25) is 9.78 Å². The summed E-state index contributed by atoms with van der Waals surface area (Å²) in [5.41, 5.74) is 0.234. The number of amides is 1. The first kappa shape index (κ1) is 13.1. The molecule has 0 aliphatic carbocycles. The third-order valence-electron chi connectivity index (χ3n) is 2.02. The maximum Gasteiger partial charge on any atom is 0.330 e. The van der Waals surface area contributed by atoms with Crippen molar-refractivity contribution >= 4 is 11.9 Å². The number of esters is 1. The molecule has 6 nitrogen and oxygen atoms in total. The summed E-state index contributed by atoms with van der Waals surface area (Å²) < 4.78 is 9.38. The molecule has 0 aliphatic rings. The fourth-order valence-corrected chi connectivity index (χ4v) is 1.21. The van der Waals surface area contributed by atoms with E-state index in [0.29, 0.717) is 0 Å². The summed E-state index contributed by atoms with van der Waals surface area (Å²) in [6.45, 7) is 0.0469. The van der Waals surface area contributed by atoms with Crippen LogP contribution >= 0.6 is 0 Å². The van der Waals surface area contributed by atoms with Crippen LogP contribution < -0.4 is 5.32 Å². The van der Waals surface area contributed by atoms with Gasteiger partial charge in [0.2, 0.25) is 0 Å². The molecule has 1 rings (SSSR count). The molecule has 1 N–H and O–H groups in total. The Morgan fingerprint density at radius 2 is 2.18 bits per heavy atom. The maximum atomic E-state index is 11.7.